The highest BCUT2D eigenvalue weighted by Crippen LogP contribution is 2.28. The van der Waals surface area contributed by atoms with Gasteiger partial charge in [0.05, 0.1) is 0 Å². The molecule has 1 N–H and O–H groups in total. The Bertz CT molecular complexity index is 505. The summed E-state index contributed by atoms with van der Waals surface area (Å²) < 4.78 is 38.0. The molecule has 5 nitrogen and oxygen atoms in total. The van der Waals surface area contributed by atoms with Gasteiger partial charge in [-0.15, -0.1) is 0 Å². The van der Waals surface area contributed by atoms with Gasteiger partial charge in [0.1, 0.15) is 11.3 Å². The molecule has 0 bridgehead atoms. The standard InChI is InChI=1S/C9H9F3N2O3/c1-13(2)14-6(9(10,11)12)4-3-5(7(14)15)8(16)17/h3-4H,1-2H3,(H,16,17). The second-order valence-electron chi connectivity index (χ2n) is 3.40. The molecule has 17 heavy (non-hydrogen) atoms. The molecule has 8 heteroatoms. The third kappa shape index (κ3) is 2.40. The van der Waals surface area contributed by atoms with Gasteiger partial charge in [-0.05, 0) is 12.1 Å². The molecular weight excluding hydrogens is 241 g/mol. The summed E-state index contributed by atoms with van der Waals surface area (Å²) in [5, 5.41) is 9.53. The molecule has 0 aliphatic heterocycles. The first-order valence-corrected chi connectivity index (χ1v) is 4.40. The van der Waals surface area contributed by atoms with E-state index in [1.54, 1.807) is 0 Å². The summed E-state index contributed by atoms with van der Waals surface area (Å²) in [5.41, 5.74) is -3.17. The lowest BCUT2D eigenvalue weighted by atomic mass is 10.2. The Morgan fingerprint density at radius 1 is 1.35 bits per heavy atom. The molecule has 0 aliphatic rings. The molecule has 1 aromatic rings. The van der Waals surface area contributed by atoms with Crippen molar-refractivity contribution in [3.63, 3.8) is 0 Å². The molecule has 0 aromatic carbocycles. The van der Waals surface area contributed by atoms with Gasteiger partial charge in [-0.2, -0.15) is 13.2 Å². The summed E-state index contributed by atoms with van der Waals surface area (Å²) >= 11 is 0. The third-order valence-electron chi connectivity index (χ3n) is 1.98. The number of carbonyl (C=O) groups is 1. The van der Waals surface area contributed by atoms with E-state index in [1.807, 2.05) is 0 Å². The fourth-order valence-electron chi connectivity index (χ4n) is 1.30. The highest BCUT2D eigenvalue weighted by Gasteiger charge is 2.36. The van der Waals surface area contributed by atoms with E-state index in [1.165, 1.54) is 14.1 Å². The van der Waals surface area contributed by atoms with Gasteiger partial charge in [0.25, 0.3) is 5.56 Å². The number of nitrogens with zero attached hydrogens (tertiary/aromatic N) is 2. The van der Waals surface area contributed by atoms with Crippen LogP contribution in [0.3, 0.4) is 0 Å². The van der Waals surface area contributed by atoms with Crippen LogP contribution in [0, 0.1) is 0 Å². The number of hydrogen-bond acceptors (Lipinski definition) is 3. The number of hydrogen-bond donors (Lipinski definition) is 1. The number of carboxylic acid groups (broad SMARTS) is 1. The van der Waals surface area contributed by atoms with Crippen LogP contribution in [-0.2, 0) is 6.18 Å². The predicted molar refractivity (Wildman–Crippen MR) is 52.7 cm³/mol. The largest absolute Gasteiger partial charge is 0.477 e. The van der Waals surface area contributed by atoms with Gasteiger partial charge in [0.15, 0.2) is 0 Å². The van der Waals surface area contributed by atoms with Gasteiger partial charge in [0, 0.05) is 14.1 Å². The minimum atomic E-state index is -4.74. The van der Waals surface area contributed by atoms with E-state index in [0.717, 1.165) is 5.01 Å². The van der Waals surface area contributed by atoms with Crippen molar-refractivity contribution in [3.05, 3.63) is 33.7 Å². The lowest BCUT2D eigenvalue weighted by molar-refractivity contribution is -0.144. The smallest absolute Gasteiger partial charge is 0.433 e. The van der Waals surface area contributed by atoms with Crippen LogP contribution in [0.5, 0.6) is 0 Å². The Balaban J connectivity index is 3.63. The van der Waals surface area contributed by atoms with E-state index in [9.17, 15) is 22.8 Å². The minimum Gasteiger partial charge on any atom is -0.477 e. The molecule has 0 amide bonds. The van der Waals surface area contributed by atoms with E-state index in [-0.39, 0.29) is 4.68 Å². The van der Waals surface area contributed by atoms with Gasteiger partial charge in [-0.3, -0.25) is 4.79 Å². The molecule has 0 unspecified atom stereocenters. The summed E-state index contributed by atoms with van der Waals surface area (Å²) in [4.78, 5) is 22.2. The Labute approximate surface area is 93.7 Å². The number of pyridine rings is 1. The lowest BCUT2D eigenvalue weighted by Gasteiger charge is -2.22. The fourth-order valence-corrected chi connectivity index (χ4v) is 1.30. The van der Waals surface area contributed by atoms with Crippen molar-refractivity contribution in [1.29, 1.82) is 0 Å². The van der Waals surface area contributed by atoms with E-state index < -0.39 is 29.0 Å². The number of alkyl halides is 3. The van der Waals surface area contributed by atoms with Crippen LogP contribution in [0.15, 0.2) is 16.9 Å². The van der Waals surface area contributed by atoms with Crippen molar-refractivity contribution >= 4 is 5.97 Å². The first-order chi connectivity index (χ1) is 7.66. The summed E-state index contributed by atoms with van der Waals surface area (Å²) in [7, 11) is 2.42. The van der Waals surface area contributed by atoms with Crippen LogP contribution in [-0.4, -0.2) is 29.8 Å². The van der Waals surface area contributed by atoms with Crippen LogP contribution in [0.25, 0.3) is 0 Å². The normalized spacial score (nSPS) is 11.4. The number of aromatic nitrogens is 1. The minimum absolute atomic E-state index is 0.267. The maximum atomic E-state index is 12.6. The lowest BCUT2D eigenvalue weighted by Crippen LogP contribution is -2.42. The fraction of sp³-hybridized carbons (Fsp3) is 0.333. The summed E-state index contributed by atoms with van der Waals surface area (Å²) in [6, 6.07) is 1.21. The van der Waals surface area contributed by atoms with Crippen LogP contribution in [0.1, 0.15) is 16.1 Å². The second-order valence-corrected chi connectivity index (χ2v) is 3.40. The van der Waals surface area contributed by atoms with Gasteiger partial charge >= 0.3 is 12.1 Å². The Morgan fingerprint density at radius 3 is 2.24 bits per heavy atom. The molecule has 0 saturated heterocycles. The summed E-state index contributed by atoms with van der Waals surface area (Å²) in [5.74, 6) is -1.57. The SMILES string of the molecule is CN(C)n1c(C(F)(F)F)ccc(C(=O)O)c1=O. The van der Waals surface area contributed by atoms with Crippen LogP contribution in [0.2, 0.25) is 0 Å². The molecule has 0 spiro atoms. The molecule has 0 fully saturated rings. The molecule has 94 valence electrons. The van der Waals surface area contributed by atoms with Crippen LogP contribution >= 0.6 is 0 Å². The number of aromatic carboxylic acids is 1. The predicted octanol–water partition coefficient (Wildman–Crippen LogP) is 0.763. The first-order valence-electron chi connectivity index (χ1n) is 4.40. The first kappa shape index (κ1) is 13.1. The average Bonchev–Trinajstić information content (AvgIpc) is 2.14. The van der Waals surface area contributed by atoms with Crippen LogP contribution < -0.4 is 10.6 Å². The molecule has 1 heterocycles. The van der Waals surface area contributed by atoms with Gasteiger partial charge in [-0.1, -0.05) is 0 Å². The zero-order chi connectivity index (χ0) is 13.4. The van der Waals surface area contributed by atoms with Gasteiger partial charge < -0.3 is 10.1 Å². The third-order valence-corrected chi connectivity index (χ3v) is 1.98. The molecule has 0 aliphatic carbocycles. The zero-order valence-corrected chi connectivity index (χ0v) is 8.95. The Morgan fingerprint density at radius 2 is 1.88 bits per heavy atom. The maximum Gasteiger partial charge on any atom is 0.433 e. The monoisotopic (exact) mass is 250 g/mol. The van der Waals surface area contributed by atoms with Crippen LogP contribution in [0.4, 0.5) is 13.2 Å². The zero-order valence-electron chi connectivity index (χ0n) is 8.95. The summed E-state index contributed by atoms with van der Waals surface area (Å²) in [6.45, 7) is 0. The maximum absolute atomic E-state index is 12.6. The quantitative estimate of drug-likeness (QED) is 0.841. The van der Waals surface area contributed by atoms with E-state index >= 15 is 0 Å². The van der Waals surface area contributed by atoms with Gasteiger partial charge in [-0.25, -0.2) is 9.47 Å². The van der Waals surface area contributed by atoms with Crippen molar-refractivity contribution in [2.24, 2.45) is 0 Å². The molecule has 1 rings (SSSR count). The van der Waals surface area contributed by atoms with E-state index in [0.29, 0.717) is 12.1 Å². The van der Waals surface area contributed by atoms with Gasteiger partial charge in [0.2, 0.25) is 0 Å². The van der Waals surface area contributed by atoms with Crippen molar-refractivity contribution in [1.82, 2.24) is 4.68 Å². The highest BCUT2D eigenvalue weighted by atomic mass is 19.4. The number of carboxylic acids is 1. The highest BCUT2D eigenvalue weighted by molar-refractivity contribution is 5.87. The van der Waals surface area contributed by atoms with Crippen molar-refractivity contribution in [2.45, 2.75) is 6.18 Å². The van der Waals surface area contributed by atoms with Crippen molar-refractivity contribution < 1.29 is 23.1 Å². The number of rotatable bonds is 2. The van der Waals surface area contributed by atoms with E-state index in [2.05, 4.69) is 0 Å². The molecule has 0 atom stereocenters. The van der Waals surface area contributed by atoms with Crippen molar-refractivity contribution in [2.75, 3.05) is 19.1 Å². The topological polar surface area (TPSA) is 62.5 Å². The number of halogens is 3. The molecule has 0 saturated carbocycles. The second kappa shape index (κ2) is 4.11. The molecule has 0 radical (unpaired) electrons. The summed E-state index contributed by atoms with van der Waals surface area (Å²) in [6.07, 6.45) is -4.74. The van der Waals surface area contributed by atoms with Crippen molar-refractivity contribution in [3.8, 4) is 0 Å². The Hall–Kier alpha value is -1.99. The van der Waals surface area contributed by atoms with E-state index in [4.69, 9.17) is 5.11 Å². The average molecular weight is 250 g/mol. The molecular formula is C9H9F3N2O3. The Kier molecular flexibility index (Phi) is 3.16. The molecule has 1 aromatic heterocycles.